The van der Waals surface area contributed by atoms with Gasteiger partial charge in [0, 0.05) is 18.0 Å². The Bertz CT molecular complexity index is 925. The van der Waals surface area contributed by atoms with Crippen molar-refractivity contribution in [1.29, 1.82) is 5.26 Å². The van der Waals surface area contributed by atoms with Crippen LogP contribution < -0.4 is 4.74 Å². The molecule has 0 aliphatic heterocycles. The van der Waals surface area contributed by atoms with Crippen LogP contribution >= 0.6 is 0 Å². The second kappa shape index (κ2) is 11.9. The third-order valence-electron chi connectivity index (χ3n) is 6.98. The molecular weight excluding hydrogens is 410 g/mol. The number of nitrogens with zero attached hydrogens (tertiary/aromatic N) is 3. The van der Waals surface area contributed by atoms with E-state index in [9.17, 15) is 10.1 Å². The third kappa shape index (κ3) is 6.63. The summed E-state index contributed by atoms with van der Waals surface area (Å²) in [7, 11) is 0. The molecule has 0 saturated heterocycles. The van der Waals surface area contributed by atoms with E-state index >= 15 is 0 Å². The first-order chi connectivity index (χ1) is 16.0. The molecule has 0 radical (unpaired) electrons. The lowest BCUT2D eigenvalue weighted by atomic mass is 9.77. The van der Waals surface area contributed by atoms with Gasteiger partial charge in [0.05, 0.1) is 6.07 Å². The Morgan fingerprint density at radius 3 is 2.30 bits per heavy atom. The molecule has 0 amide bonds. The van der Waals surface area contributed by atoms with Gasteiger partial charge >= 0.3 is 5.97 Å². The van der Waals surface area contributed by atoms with E-state index in [-0.39, 0.29) is 0 Å². The average Bonchev–Trinajstić information content (AvgIpc) is 2.85. The molecule has 3 rings (SSSR count). The van der Waals surface area contributed by atoms with Crippen molar-refractivity contribution in [2.75, 3.05) is 0 Å². The van der Waals surface area contributed by atoms with Crippen LogP contribution in [0.5, 0.6) is 5.75 Å². The molecule has 1 aliphatic rings. The number of rotatable bonds is 10. The van der Waals surface area contributed by atoms with Crippen LogP contribution in [-0.4, -0.2) is 15.9 Å². The number of hydrogen-bond acceptors (Lipinski definition) is 5. The normalized spacial score (nSPS) is 19.9. The Morgan fingerprint density at radius 2 is 1.73 bits per heavy atom. The van der Waals surface area contributed by atoms with Crippen molar-refractivity contribution in [3.63, 3.8) is 0 Å². The smallest absolute Gasteiger partial charge is 0.331 e. The standard InChI is InChI=1S/C28H37N3O2/c1-4-6-7-8-21-9-11-22(12-10-21)24-18-30-26(31-19-24)23-13-15-25(16-14-23)33-27(32)28(3,20-29)17-5-2/h13-16,18-19,21-22H,4-12,17H2,1-3H3. The van der Waals surface area contributed by atoms with E-state index in [0.717, 1.165) is 17.9 Å². The maximum absolute atomic E-state index is 12.4. The molecule has 5 nitrogen and oxygen atoms in total. The molecule has 1 aromatic heterocycles. The second-order valence-corrected chi connectivity index (χ2v) is 9.66. The van der Waals surface area contributed by atoms with Gasteiger partial charge in [-0.15, -0.1) is 0 Å². The highest BCUT2D eigenvalue weighted by Gasteiger charge is 2.34. The van der Waals surface area contributed by atoms with Gasteiger partial charge in [-0.05, 0) is 80.7 Å². The number of carbonyl (C=O) groups excluding carboxylic acids is 1. The van der Waals surface area contributed by atoms with Crippen molar-refractivity contribution in [3.8, 4) is 23.2 Å². The Balaban J connectivity index is 1.56. The number of aromatic nitrogens is 2. The molecular formula is C28H37N3O2. The fraction of sp³-hybridized carbons (Fsp3) is 0.571. The maximum atomic E-state index is 12.4. The fourth-order valence-corrected chi connectivity index (χ4v) is 4.76. The van der Waals surface area contributed by atoms with E-state index < -0.39 is 11.4 Å². The maximum Gasteiger partial charge on any atom is 0.331 e. The van der Waals surface area contributed by atoms with Crippen molar-refractivity contribution in [1.82, 2.24) is 9.97 Å². The van der Waals surface area contributed by atoms with Gasteiger partial charge in [-0.2, -0.15) is 5.26 Å². The highest BCUT2D eigenvalue weighted by Crippen LogP contribution is 2.37. The number of hydrogen-bond donors (Lipinski definition) is 0. The zero-order valence-electron chi connectivity index (χ0n) is 20.3. The second-order valence-electron chi connectivity index (χ2n) is 9.66. The molecule has 176 valence electrons. The Morgan fingerprint density at radius 1 is 1.06 bits per heavy atom. The van der Waals surface area contributed by atoms with Crippen LogP contribution in [0.4, 0.5) is 0 Å². The number of nitriles is 1. The van der Waals surface area contributed by atoms with Gasteiger partial charge in [-0.25, -0.2) is 14.8 Å². The molecule has 2 aromatic rings. The van der Waals surface area contributed by atoms with E-state index in [2.05, 4.69) is 23.0 Å². The van der Waals surface area contributed by atoms with Gasteiger partial charge in [0.2, 0.25) is 0 Å². The largest absolute Gasteiger partial charge is 0.425 e. The summed E-state index contributed by atoms with van der Waals surface area (Å²) in [6, 6.07) is 9.25. The van der Waals surface area contributed by atoms with Crippen LogP contribution in [0.25, 0.3) is 11.4 Å². The summed E-state index contributed by atoms with van der Waals surface area (Å²) in [5, 5.41) is 9.36. The molecule has 0 bridgehead atoms. The van der Waals surface area contributed by atoms with E-state index in [0.29, 0.717) is 23.9 Å². The fourth-order valence-electron chi connectivity index (χ4n) is 4.76. The molecule has 33 heavy (non-hydrogen) atoms. The van der Waals surface area contributed by atoms with Gasteiger partial charge in [-0.1, -0.05) is 46.0 Å². The van der Waals surface area contributed by atoms with Gasteiger partial charge < -0.3 is 4.74 Å². The highest BCUT2D eigenvalue weighted by atomic mass is 16.5. The van der Waals surface area contributed by atoms with Gasteiger partial charge in [-0.3, -0.25) is 0 Å². The number of ether oxygens (including phenoxy) is 1. The number of esters is 1. The van der Waals surface area contributed by atoms with Crippen molar-refractivity contribution < 1.29 is 9.53 Å². The number of benzene rings is 1. The molecule has 0 N–H and O–H groups in total. The predicted octanol–water partition coefficient (Wildman–Crippen LogP) is 7.23. The van der Waals surface area contributed by atoms with Crippen molar-refractivity contribution in [2.24, 2.45) is 11.3 Å². The van der Waals surface area contributed by atoms with Crippen molar-refractivity contribution in [2.45, 2.75) is 90.9 Å². The molecule has 1 atom stereocenters. The summed E-state index contributed by atoms with van der Waals surface area (Å²) in [5.41, 5.74) is 0.988. The van der Waals surface area contributed by atoms with E-state index in [1.54, 1.807) is 19.1 Å². The zero-order valence-corrected chi connectivity index (χ0v) is 20.3. The molecule has 0 spiro atoms. The van der Waals surface area contributed by atoms with Crippen molar-refractivity contribution in [3.05, 3.63) is 42.2 Å². The van der Waals surface area contributed by atoms with Crippen LogP contribution in [0.1, 0.15) is 96.5 Å². The molecule has 1 fully saturated rings. The Labute approximate surface area is 198 Å². The van der Waals surface area contributed by atoms with Gasteiger partial charge in [0.1, 0.15) is 5.75 Å². The molecule has 1 unspecified atom stereocenters. The van der Waals surface area contributed by atoms with E-state index in [1.165, 1.54) is 56.9 Å². The molecule has 1 aliphatic carbocycles. The van der Waals surface area contributed by atoms with Crippen LogP contribution in [-0.2, 0) is 4.79 Å². The van der Waals surface area contributed by atoms with Crippen LogP contribution in [0.2, 0.25) is 0 Å². The van der Waals surface area contributed by atoms with E-state index in [1.807, 2.05) is 31.5 Å². The van der Waals surface area contributed by atoms with Crippen LogP contribution in [0.3, 0.4) is 0 Å². The SMILES string of the molecule is CCCCCC1CCC(c2cnc(-c3ccc(OC(=O)C(C)(C#N)CCC)cc3)nc2)CC1. The lowest BCUT2D eigenvalue weighted by Gasteiger charge is -2.28. The van der Waals surface area contributed by atoms with Gasteiger partial charge in [0.15, 0.2) is 11.2 Å². The first-order valence-electron chi connectivity index (χ1n) is 12.5. The summed E-state index contributed by atoms with van der Waals surface area (Å²) in [6.45, 7) is 5.84. The highest BCUT2D eigenvalue weighted by molar-refractivity contribution is 5.81. The summed E-state index contributed by atoms with van der Waals surface area (Å²) in [6.07, 6.45) is 15.7. The minimum atomic E-state index is -1.12. The quantitative estimate of drug-likeness (QED) is 0.218. The molecule has 5 heteroatoms. The Kier molecular flexibility index (Phi) is 9.00. The summed E-state index contributed by atoms with van der Waals surface area (Å²) >= 11 is 0. The zero-order chi connectivity index (χ0) is 23.7. The van der Waals surface area contributed by atoms with E-state index in [4.69, 9.17) is 4.74 Å². The Hall–Kier alpha value is -2.74. The molecule has 1 saturated carbocycles. The predicted molar refractivity (Wildman–Crippen MR) is 131 cm³/mol. The van der Waals surface area contributed by atoms with Crippen LogP contribution in [0.15, 0.2) is 36.7 Å². The number of unbranched alkanes of at least 4 members (excludes halogenated alkanes) is 2. The van der Waals surface area contributed by atoms with Crippen molar-refractivity contribution >= 4 is 5.97 Å². The third-order valence-corrected chi connectivity index (χ3v) is 6.98. The summed E-state index contributed by atoms with van der Waals surface area (Å²) in [5.74, 6) is 2.04. The van der Waals surface area contributed by atoms with Gasteiger partial charge in [0.25, 0.3) is 0 Å². The summed E-state index contributed by atoms with van der Waals surface area (Å²) < 4.78 is 5.45. The lowest BCUT2D eigenvalue weighted by molar-refractivity contribution is -0.142. The first kappa shape index (κ1) is 24.9. The topological polar surface area (TPSA) is 75.9 Å². The monoisotopic (exact) mass is 447 g/mol. The first-order valence-corrected chi connectivity index (χ1v) is 12.5. The minimum Gasteiger partial charge on any atom is -0.425 e. The average molecular weight is 448 g/mol. The lowest BCUT2D eigenvalue weighted by Crippen LogP contribution is -2.30. The molecule has 1 heterocycles. The van der Waals surface area contributed by atoms with Crippen LogP contribution in [0, 0.1) is 22.7 Å². The summed E-state index contributed by atoms with van der Waals surface area (Å²) in [4.78, 5) is 21.6. The molecule has 1 aromatic carbocycles. The minimum absolute atomic E-state index is 0.425. The number of carbonyl (C=O) groups is 1.